The molecule has 7 rings (SSSR count). The molecular formula is C35H39N5O5. The van der Waals surface area contributed by atoms with Crippen LogP contribution in [0.25, 0.3) is 28.2 Å². The lowest BCUT2D eigenvalue weighted by Crippen LogP contribution is -2.35. The minimum atomic E-state index is -0.595. The summed E-state index contributed by atoms with van der Waals surface area (Å²) in [6.07, 6.45) is 9.35. The number of aromatic amines is 1. The Balaban J connectivity index is 1.16. The van der Waals surface area contributed by atoms with E-state index in [-0.39, 0.29) is 23.8 Å². The normalized spacial score (nSPS) is 19.2. The molecule has 1 unspecified atom stereocenters. The third-order valence-electron chi connectivity index (χ3n) is 9.38. The fourth-order valence-corrected chi connectivity index (χ4v) is 6.83. The van der Waals surface area contributed by atoms with Crippen LogP contribution < -0.4 is 11.3 Å². The molecular weight excluding hydrogens is 570 g/mol. The van der Waals surface area contributed by atoms with Gasteiger partial charge in [-0.05, 0) is 67.6 Å². The molecule has 3 aromatic heterocycles. The average molecular weight is 610 g/mol. The van der Waals surface area contributed by atoms with Crippen molar-refractivity contribution in [3.8, 4) is 22.5 Å². The SMILES string of the molecule is CCCc1c(Cc2ccc(-c3ccccc3-c3noc(=O)[nH]3)cc2)c(=O)n(C2CCC(OCC(O)C3CC3)CC2)c2ccnn12. The molecule has 2 aromatic carbocycles. The first-order valence-electron chi connectivity index (χ1n) is 16.1. The molecule has 10 nitrogen and oxygen atoms in total. The van der Waals surface area contributed by atoms with E-state index in [4.69, 9.17) is 9.26 Å². The smallest absolute Gasteiger partial charge is 0.390 e. The van der Waals surface area contributed by atoms with Crippen LogP contribution in [0.15, 0.2) is 74.9 Å². The van der Waals surface area contributed by atoms with Gasteiger partial charge in [0.25, 0.3) is 5.56 Å². The molecule has 2 fully saturated rings. The Morgan fingerprint density at radius 3 is 2.44 bits per heavy atom. The minimum Gasteiger partial charge on any atom is -0.390 e. The van der Waals surface area contributed by atoms with E-state index in [0.29, 0.717) is 24.8 Å². The first kappa shape index (κ1) is 29.4. The van der Waals surface area contributed by atoms with Gasteiger partial charge in [0, 0.05) is 29.7 Å². The summed E-state index contributed by atoms with van der Waals surface area (Å²) >= 11 is 0. The zero-order chi connectivity index (χ0) is 30.9. The number of benzene rings is 2. The average Bonchev–Trinajstić information content (AvgIpc) is 3.66. The lowest BCUT2D eigenvalue weighted by molar-refractivity contribution is -0.0347. The second kappa shape index (κ2) is 12.6. The molecule has 2 N–H and O–H groups in total. The second-order valence-corrected chi connectivity index (χ2v) is 12.5. The summed E-state index contributed by atoms with van der Waals surface area (Å²) in [6.45, 7) is 2.53. The third-order valence-corrected chi connectivity index (χ3v) is 9.38. The standard InChI is InChI=1S/C35H39N5O5/c1-2-5-30-29(20-22-8-10-23(11-9-22)27-6-3-4-7-28(27)33-37-35(43)45-38-33)34(42)39(32-18-19-36-40(30)32)25-14-16-26(17-15-25)44-21-31(41)24-12-13-24/h3-4,6-11,18-19,24-26,31,41H,2,5,12-17,20-21H2,1H3,(H,37,38,43). The van der Waals surface area contributed by atoms with Crippen LogP contribution in [0.2, 0.25) is 0 Å². The predicted octanol–water partition coefficient (Wildman–Crippen LogP) is 5.32. The maximum Gasteiger partial charge on any atom is 0.439 e. The number of aliphatic hydroxyl groups excluding tert-OH is 1. The van der Waals surface area contributed by atoms with E-state index in [1.54, 1.807) is 6.20 Å². The van der Waals surface area contributed by atoms with Crippen LogP contribution in [-0.2, 0) is 17.6 Å². The molecule has 2 aliphatic rings. The summed E-state index contributed by atoms with van der Waals surface area (Å²) in [5.74, 6) is 0.199. The number of aryl methyl sites for hydroxylation is 1. The number of aromatic nitrogens is 5. The number of ether oxygens (including phenoxy) is 1. The molecule has 5 aromatic rings. The van der Waals surface area contributed by atoms with Gasteiger partial charge in [-0.1, -0.05) is 67.0 Å². The van der Waals surface area contributed by atoms with Crippen molar-refractivity contribution in [1.29, 1.82) is 0 Å². The zero-order valence-electron chi connectivity index (χ0n) is 25.5. The van der Waals surface area contributed by atoms with Crippen LogP contribution in [0.3, 0.4) is 0 Å². The van der Waals surface area contributed by atoms with Gasteiger partial charge >= 0.3 is 5.76 Å². The van der Waals surface area contributed by atoms with Gasteiger partial charge in [0.15, 0.2) is 5.82 Å². The fraction of sp³-hybridized carbons (Fsp3) is 0.429. The summed E-state index contributed by atoms with van der Waals surface area (Å²) in [5, 5.41) is 18.8. The highest BCUT2D eigenvalue weighted by Crippen LogP contribution is 2.35. The van der Waals surface area contributed by atoms with Gasteiger partial charge in [0.05, 0.1) is 30.7 Å². The number of aliphatic hydroxyl groups is 1. The molecule has 0 aliphatic heterocycles. The van der Waals surface area contributed by atoms with Crippen LogP contribution in [-0.4, -0.2) is 48.2 Å². The Bertz CT molecular complexity index is 1890. The van der Waals surface area contributed by atoms with Crippen molar-refractivity contribution in [2.45, 2.75) is 83.0 Å². The number of rotatable bonds is 11. The molecule has 2 saturated carbocycles. The Labute approximate surface area is 260 Å². The summed E-state index contributed by atoms with van der Waals surface area (Å²) in [4.78, 5) is 28.6. The fourth-order valence-electron chi connectivity index (χ4n) is 6.83. The Morgan fingerprint density at radius 1 is 1.00 bits per heavy atom. The molecule has 0 saturated heterocycles. The van der Waals surface area contributed by atoms with Crippen molar-refractivity contribution in [3.05, 3.63) is 98.5 Å². The van der Waals surface area contributed by atoms with Gasteiger partial charge in [-0.15, -0.1) is 0 Å². The number of hydrogen-bond acceptors (Lipinski definition) is 7. The maximum atomic E-state index is 14.4. The largest absolute Gasteiger partial charge is 0.439 e. The number of fused-ring (bicyclic) bond motifs is 1. The number of nitrogens with one attached hydrogen (secondary N) is 1. The quantitative estimate of drug-likeness (QED) is 0.207. The minimum absolute atomic E-state index is 0.0596. The Kier molecular flexibility index (Phi) is 8.25. The van der Waals surface area contributed by atoms with Crippen LogP contribution in [0.5, 0.6) is 0 Å². The highest BCUT2D eigenvalue weighted by molar-refractivity contribution is 5.80. The lowest BCUT2D eigenvalue weighted by Gasteiger charge is -2.31. The second-order valence-electron chi connectivity index (χ2n) is 12.5. The molecule has 0 spiro atoms. The number of nitrogens with zero attached hydrogens (tertiary/aromatic N) is 4. The van der Waals surface area contributed by atoms with E-state index >= 15 is 0 Å². The highest BCUT2D eigenvalue weighted by Gasteiger charge is 2.32. The Morgan fingerprint density at radius 2 is 1.76 bits per heavy atom. The maximum absolute atomic E-state index is 14.4. The first-order valence-corrected chi connectivity index (χ1v) is 16.1. The summed E-state index contributed by atoms with van der Waals surface area (Å²) < 4.78 is 14.8. The van der Waals surface area contributed by atoms with Gasteiger partial charge in [0.2, 0.25) is 0 Å². The zero-order valence-corrected chi connectivity index (χ0v) is 25.5. The van der Waals surface area contributed by atoms with Crippen molar-refractivity contribution in [2.24, 2.45) is 5.92 Å². The van der Waals surface area contributed by atoms with E-state index in [1.807, 2.05) is 51.5 Å². The first-order chi connectivity index (χ1) is 22.0. The molecule has 0 radical (unpaired) electrons. The topological polar surface area (TPSA) is 128 Å². The molecule has 45 heavy (non-hydrogen) atoms. The molecule has 0 amide bonds. The molecule has 2 aliphatic carbocycles. The van der Waals surface area contributed by atoms with E-state index in [2.05, 4.69) is 34.3 Å². The third kappa shape index (κ3) is 6.04. The van der Waals surface area contributed by atoms with Crippen molar-refractivity contribution in [3.63, 3.8) is 0 Å². The van der Waals surface area contributed by atoms with Crippen LogP contribution >= 0.6 is 0 Å². The van der Waals surface area contributed by atoms with Crippen molar-refractivity contribution >= 4 is 5.65 Å². The lowest BCUT2D eigenvalue weighted by atomic mass is 9.92. The van der Waals surface area contributed by atoms with E-state index < -0.39 is 5.76 Å². The Hall–Kier alpha value is -4.28. The predicted molar refractivity (Wildman–Crippen MR) is 170 cm³/mol. The highest BCUT2D eigenvalue weighted by atomic mass is 16.5. The van der Waals surface area contributed by atoms with Crippen LogP contribution in [0.1, 0.15) is 74.7 Å². The van der Waals surface area contributed by atoms with Crippen LogP contribution in [0.4, 0.5) is 0 Å². The summed E-state index contributed by atoms with van der Waals surface area (Å²) in [7, 11) is 0. The van der Waals surface area contributed by atoms with Crippen molar-refractivity contribution in [2.75, 3.05) is 6.61 Å². The van der Waals surface area contributed by atoms with Gasteiger partial charge in [-0.3, -0.25) is 18.9 Å². The number of hydrogen-bond donors (Lipinski definition) is 2. The van der Waals surface area contributed by atoms with Gasteiger partial charge in [0.1, 0.15) is 5.65 Å². The molecule has 1 atom stereocenters. The van der Waals surface area contributed by atoms with E-state index in [9.17, 15) is 14.7 Å². The van der Waals surface area contributed by atoms with Crippen molar-refractivity contribution < 1.29 is 14.4 Å². The number of H-pyrrole nitrogens is 1. The molecule has 10 heteroatoms. The van der Waals surface area contributed by atoms with Crippen molar-refractivity contribution in [1.82, 2.24) is 24.3 Å². The summed E-state index contributed by atoms with van der Waals surface area (Å²) in [6, 6.07) is 17.9. The van der Waals surface area contributed by atoms with E-state index in [1.165, 1.54) is 0 Å². The van der Waals surface area contributed by atoms with Gasteiger partial charge in [-0.2, -0.15) is 5.10 Å². The van der Waals surface area contributed by atoms with E-state index in [0.717, 1.165) is 90.5 Å². The monoisotopic (exact) mass is 609 g/mol. The molecule has 0 bridgehead atoms. The van der Waals surface area contributed by atoms with Gasteiger partial charge in [-0.25, -0.2) is 9.31 Å². The summed E-state index contributed by atoms with van der Waals surface area (Å²) in [5.41, 5.74) is 6.35. The van der Waals surface area contributed by atoms with Gasteiger partial charge < -0.3 is 9.84 Å². The molecule has 234 valence electrons. The molecule has 3 heterocycles. The van der Waals surface area contributed by atoms with Crippen LogP contribution in [0, 0.1) is 5.92 Å².